The van der Waals surface area contributed by atoms with Crippen LogP contribution in [0.1, 0.15) is 18.4 Å². The highest BCUT2D eigenvalue weighted by Crippen LogP contribution is 2.24. The van der Waals surface area contributed by atoms with Crippen molar-refractivity contribution >= 4 is 11.6 Å². The van der Waals surface area contributed by atoms with Gasteiger partial charge in [0.1, 0.15) is 0 Å². The maximum atomic E-state index is 12.1. The van der Waals surface area contributed by atoms with Crippen molar-refractivity contribution in [2.75, 3.05) is 32.1 Å². The van der Waals surface area contributed by atoms with Gasteiger partial charge >= 0.3 is 0 Å². The average Bonchev–Trinajstić information content (AvgIpc) is 2.46. The molecule has 1 heterocycles. The van der Waals surface area contributed by atoms with E-state index in [9.17, 15) is 4.79 Å². The van der Waals surface area contributed by atoms with Crippen LogP contribution in [0.5, 0.6) is 0 Å². The van der Waals surface area contributed by atoms with E-state index in [4.69, 9.17) is 4.74 Å². The summed E-state index contributed by atoms with van der Waals surface area (Å²) in [6.45, 7) is 2.22. The fraction of sp³-hybridized carbons (Fsp3) is 0.533. The van der Waals surface area contributed by atoms with Crippen molar-refractivity contribution < 1.29 is 9.53 Å². The molecule has 4 nitrogen and oxygen atoms in total. The molecule has 1 amide bonds. The number of carbonyl (C=O) groups is 1. The van der Waals surface area contributed by atoms with Crippen LogP contribution in [0, 0.1) is 5.92 Å². The summed E-state index contributed by atoms with van der Waals surface area (Å²) in [5.41, 5.74) is 2.39. The van der Waals surface area contributed by atoms with Crippen molar-refractivity contribution in [2.24, 2.45) is 5.92 Å². The molecule has 1 unspecified atom stereocenters. The zero-order valence-electron chi connectivity index (χ0n) is 11.4. The number of carbonyl (C=O) groups excluding carboxylic acids is 1. The van der Waals surface area contributed by atoms with E-state index in [1.807, 2.05) is 12.1 Å². The Bertz CT molecular complexity index is 420. The molecule has 1 atom stereocenters. The zero-order chi connectivity index (χ0) is 13.5. The van der Waals surface area contributed by atoms with Crippen LogP contribution in [0.15, 0.2) is 24.3 Å². The fourth-order valence-corrected chi connectivity index (χ4v) is 2.35. The molecule has 0 radical (unpaired) electrons. The van der Waals surface area contributed by atoms with Gasteiger partial charge in [-0.15, -0.1) is 0 Å². The van der Waals surface area contributed by atoms with E-state index in [2.05, 4.69) is 22.8 Å². The number of anilines is 1. The normalized spacial score (nSPS) is 17.4. The Labute approximate surface area is 114 Å². The van der Waals surface area contributed by atoms with Crippen LogP contribution < -0.4 is 10.6 Å². The van der Waals surface area contributed by atoms with Crippen LogP contribution in [0.25, 0.3) is 0 Å². The predicted octanol–water partition coefficient (Wildman–Crippen LogP) is 1.81. The molecule has 104 valence electrons. The molecule has 0 bridgehead atoms. The summed E-state index contributed by atoms with van der Waals surface area (Å²) in [4.78, 5) is 12.1. The van der Waals surface area contributed by atoms with Gasteiger partial charge < -0.3 is 15.4 Å². The second-order valence-corrected chi connectivity index (χ2v) is 4.93. The number of hydrogen-bond acceptors (Lipinski definition) is 3. The van der Waals surface area contributed by atoms with Crippen molar-refractivity contribution in [3.63, 3.8) is 0 Å². The highest BCUT2D eigenvalue weighted by molar-refractivity contribution is 5.80. The molecule has 1 aromatic carbocycles. The van der Waals surface area contributed by atoms with Crippen LogP contribution in [0.4, 0.5) is 5.69 Å². The third kappa shape index (κ3) is 3.96. The summed E-state index contributed by atoms with van der Waals surface area (Å²) in [7, 11) is 1.70. The zero-order valence-corrected chi connectivity index (χ0v) is 11.4. The van der Waals surface area contributed by atoms with E-state index in [0.717, 1.165) is 44.6 Å². The third-order valence-electron chi connectivity index (χ3n) is 3.47. The monoisotopic (exact) mass is 262 g/mol. The van der Waals surface area contributed by atoms with E-state index >= 15 is 0 Å². The summed E-state index contributed by atoms with van der Waals surface area (Å²) in [6, 6.07) is 8.18. The van der Waals surface area contributed by atoms with Crippen LogP contribution in [0.3, 0.4) is 0 Å². The van der Waals surface area contributed by atoms with Gasteiger partial charge in [0, 0.05) is 32.5 Å². The van der Waals surface area contributed by atoms with Crippen LogP contribution in [-0.2, 0) is 16.0 Å². The standard InChI is InChI=1S/C15H22N2O2/c1-19-9-5-4-8-16-15(18)13-10-12-6-2-3-7-14(12)17-11-13/h2-3,6-7,13,17H,4-5,8-11H2,1H3,(H,16,18). The van der Waals surface area contributed by atoms with Crippen molar-refractivity contribution in [3.05, 3.63) is 29.8 Å². The molecule has 1 aliphatic rings. The number of nitrogens with one attached hydrogen (secondary N) is 2. The minimum Gasteiger partial charge on any atom is -0.385 e. The Kier molecular flexibility index (Phi) is 5.21. The Hall–Kier alpha value is -1.55. The quantitative estimate of drug-likeness (QED) is 0.769. The van der Waals surface area contributed by atoms with Crippen LogP contribution in [-0.4, -0.2) is 32.7 Å². The second-order valence-electron chi connectivity index (χ2n) is 4.93. The molecule has 0 saturated heterocycles. The molecule has 0 aromatic heterocycles. The first-order valence-electron chi connectivity index (χ1n) is 6.89. The van der Waals surface area contributed by atoms with Crippen molar-refractivity contribution in [1.29, 1.82) is 0 Å². The van der Waals surface area contributed by atoms with Crippen molar-refractivity contribution in [3.8, 4) is 0 Å². The smallest absolute Gasteiger partial charge is 0.225 e. The van der Waals surface area contributed by atoms with E-state index in [1.54, 1.807) is 7.11 Å². The SMILES string of the molecule is COCCCCNC(=O)C1CNc2ccccc2C1. The van der Waals surface area contributed by atoms with Gasteiger partial charge in [-0.05, 0) is 30.9 Å². The Morgan fingerprint density at radius 1 is 1.42 bits per heavy atom. The minimum absolute atomic E-state index is 0.0392. The third-order valence-corrected chi connectivity index (χ3v) is 3.47. The molecular formula is C15H22N2O2. The molecule has 1 aliphatic heterocycles. The topological polar surface area (TPSA) is 50.4 Å². The second kappa shape index (κ2) is 7.14. The first-order chi connectivity index (χ1) is 9.31. The molecular weight excluding hydrogens is 240 g/mol. The van der Waals surface area contributed by atoms with Crippen molar-refractivity contribution in [2.45, 2.75) is 19.3 Å². The Balaban J connectivity index is 1.76. The number of benzene rings is 1. The predicted molar refractivity (Wildman–Crippen MR) is 76.2 cm³/mol. The number of unbranched alkanes of at least 4 members (excludes halogenated alkanes) is 1. The number of hydrogen-bond donors (Lipinski definition) is 2. The number of methoxy groups -OCH3 is 1. The number of ether oxygens (including phenoxy) is 1. The van der Waals surface area contributed by atoms with Gasteiger partial charge in [-0.25, -0.2) is 0 Å². The van der Waals surface area contributed by atoms with E-state index in [0.29, 0.717) is 0 Å². The van der Waals surface area contributed by atoms with E-state index in [1.165, 1.54) is 5.56 Å². The van der Waals surface area contributed by atoms with Gasteiger partial charge in [-0.2, -0.15) is 0 Å². The number of fused-ring (bicyclic) bond motifs is 1. The first kappa shape index (κ1) is 13.9. The molecule has 0 fully saturated rings. The van der Waals surface area contributed by atoms with Gasteiger partial charge in [0.15, 0.2) is 0 Å². The number of para-hydroxylation sites is 1. The minimum atomic E-state index is 0.0392. The molecule has 0 aliphatic carbocycles. The van der Waals surface area contributed by atoms with Gasteiger partial charge in [-0.3, -0.25) is 4.79 Å². The molecule has 1 aromatic rings. The molecule has 0 spiro atoms. The molecule has 19 heavy (non-hydrogen) atoms. The molecule has 0 saturated carbocycles. The van der Waals surface area contributed by atoms with Gasteiger partial charge in [0.2, 0.25) is 5.91 Å². The summed E-state index contributed by atoms with van der Waals surface area (Å²) in [6.07, 6.45) is 2.78. The van der Waals surface area contributed by atoms with E-state index in [-0.39, 0.29) is 11.8 Å². The lowest BCUT2D eigenvalue weighted by molar-refractivity contribution is -0.124. The molecule has 4 heteroatoms. The maximum Gasteiger partial charge on any atom is 0.225 e. The Morgan fingerprint density at radius 2 is 2.26 bits per heavy atom. The maximum absolute atomic E-state index is 12.1. The van der Waals surface area contributed by atoms with E-state index < -0.39 is 0 Å². The lowest BCUT2D eigenvalue weighted by Gasteiger charge is -2.25. The molecule has 2 rings (SSSR count). The van der Waals surface area contributed by atoms with Gasteiger partial charge in [0.25, 0.3) is 0 Å². The van der Waals surface area contributed by atoms with Gasteiger partial charge in [-0.1, -0.05) is 18.2 Å². The summed E-state index contributed by atoms with van der Waals surface area (Å²) >= 11 is 0. The molecule has 2 N–H and O–H groups in total. The lowest BCUT2D eigenvalue weighted by atomic mass is 9.93. The summed E-state index contributed by atoms with van der Waals surface area (Å²) in [5.74, 6) is 0.191. The summed E-state index contributed by atoms with van der Waals surface area (Å²) < 4.78 is 4.98. The van der Waals surface area contributed by atoms with Crippen LogP contribution in [0.2, 0.25) is 0 Å². The fourth-order valence-electron chi connectivity index (χ4n) is 2.35. The highest BCUT2D eigenvalue weighted by Gasteiger charge is 2.23. The number of amides is 1. The average molecular weight is 262 g/mol. The van der Waals surface area contributed by atoms with Crippen LogP contribution >= 0.6 is 0 Å². The largest absolute Gasteiger partial charge is 0.385 e. The van der Waals surface area contributed by atoms with Crippen molar-refractivity contribution in [1.82, 2.24) is 5.32 Å². The lowest BCUT2D eigenvalue weighted by Crippen LogP contribution is -2.38. The number of rotatable bonds is 6. The van der Waals surface area contributed by atoms with Gasteiger partial charge in [0.05, 0.1) is 5.92 Å². The first-order valence-corrected chi connectivity index (χ1v) is 6.89. The Morgan fingerprint density at radius 3 is 3.11 bits per heavy atom. The summed E-state index contributed by atoms with van der Waals surface area (Å²) in [5, 5.41) is 6.33. The highest BCUT2D eigenvalue weighted by atomic mass is 16.5.